The minimum atomic E-state index is -0.892. The van der Waals surface area contributed by atoms with Crippen molar-refractivity contribution in [1.82, 2.24) is 25.8 Å². The number of pyridine rings is 3. The van der Waals surface area contributed by atoms with Gasteiger partial charge in [-0.2, -0.15) is 0 Å². The lowest BCUT2D eigenvalue weighted by atomic mass is 9.78. The van der Waals surface area contributed by atoms with Gasteiger partial charge in [0.05, 0.1) is 0 Å². The summed E-state index contributed by atoms with van der Waals surface area (Å²) >= 11 is 5.94. The van der Waals surface area contributed by atoms with Gasteiger partial charge in [0, 0.05) is 47.8 Å². The second-order valence-corrected chi connectivity index (χ2v) is 6.98. The number of aromatic nitrogens is 3. The van der Waals surface area contributed by atoms with Crippen molar-refractivity contribution in [2.75, 3.05) is 0 Å². The Morgan fingerprint density at radius 2 is 1.07 bits per heavy atom. The summed E-state index contributed by atoms with van der Waals surface area (Å²) < 4.78 is 0. The second-order valence-electron chi connectivity index (χ2n) is 6.54. The molecule has 4 aromatic rings. The standard InChI is InChI=1S/C23H18ClN5O/c24-21-3-1-17(2-4-21)22(30)28-29-23(18-5-11-25-12-6-18,19-7-13-26-14-8-19)20-9-15-27-16-10-20/h1-16,29H,(H,28,30). The first kappa shape index (κ1) is 19.7. The van der Waals surface area contributed by atoms with Crippen molar-refractivity contribution in [3.05, 3.63) is 125 Å². The molecular formula is C23H18ClN5O. The topological polar surface area (TPSA) is 79.8 Å². The molecule has 6 nitrogen and oxygen atoms in total. The lowest BCUT2D eigenvalue weighted by molar-refractivity contribution is 0.0918. The van der Waals surface area contributed by atoms with Crippen LogP contribution in [0.5, 0.6) is 0 Å². The van der Waals surface area contributed by atoms with E-state index in [0.717, 1.165) is 16.7 Å². The largest absolute Gasteiger partial charge is 0.286 e. The first-order valence-electron chi connectivity index (χ1n) is 9.25. The van der Waals surface area contributed by atoms with Crippen LogP contribution in [0, 0.1) is 0 Å². The Morgan fingerprint density at radius 1 is 0.667 bits per heavy atom. The molecule has 2 N–H and O–H groups in total. The molecule has 0 unspecified atom stereocenters. The number of nitrogens with zero attached hydrogens (tertiary/aromatic N) is 3. The van der Waals surface area contributed by atoms with Crippen LogP contribution in [0.2, 0.25) is 5.02 Å². The monoisotopic (exact) mass is 415 g/mol. The van der Waals surface area contributed by atoms with E-state index in [0.29, 0.717) is 10.6 Å². The Labute approximate surface area is 179 Å². The fourth-order valence-electron chi connectivity index (χ4n) is 3.35. The Balaban J connectivity index is 1.80. The van der Waals surface area contributed by atoms with E-state index in [1.165, 1.54) is 0 Å². The summed E-state index contributed by atoms with van der Waals surface area (Å²) in [4.78, 5) is 25.3. The zero-order chi connectivity index (χ0) is 20.8. The Hall–Kier alpha value is -3.61. The Kier molecular flexibility index (Phi) is 5.79. The highest BCUT2D eigenvalue weighted by molar-refractivity contribution is 6.30. The Bertz CT molecular complexity index is 1010. The molecule has 0 saturated heterocycles. The highest BCUT2D eigenvalue weighted by Gasteiger charge is 2.37. The maximum atomic E-state index is 12.8. The van der Waals surface area contributed by atoms with E-state index >= 15 is 0 Å². The summed E-state index contributed by atoms with van der Waals surface area (Å²) in [5, 5.41) is 0.569. The third-order valence-electron chi connectivity index (χ3n) is 4.81. The maximum Gasteiger partial charge on any atom is 0.265 e. The lowest BCUT2D eigenvalue weighted by Gasteiger charge is -2.36. The van der Waals surface area contributed by atoms with E-state index < -0.39 is 5.54 Å². The number of carbonyl (C=O) groups excluding carboxylic acids is 1. The third-order valence-corrected chi connectivity index (χ3v) is 5.06. The molecule has 0 saturated carbocycles. The molecule has 30 heavy (non-hydrogen) atoms. The van der Waals surface area contributed by atoms with Crippen LogP contribution < -0.4 is 10.9 Å². The van der Waals surface area contributed by atoms with Crippen LogP contribution in [-0.2, 0) is 5.54 Å². The molecule has 0 atom stereocenters. The quantitative estimate of drug-likeness (QED) is 0.469. The third kappa shape index (κ3) is 3.91. The maximum absolute atomic E-state index is 12.8. The van der Waals surface area contributed by atoms with Crippen molar-refractivity contribution in [1.29, 1.82) is 0 Å². The van der Waals surface area contributed by atoms with Crippen molar-refractivity contribution in [2.24, 2.45) is 0 Å². The van der Waals surface area contributed by atoms with Gasteiger partial charge in [-0.05, 0) is 77.4 Å². The molecule has 0 bridgehead atoms. The SMILES string of the molecule is O=C(NNC(c1ccncc1)(c1ccncc1)c1ccncc1)c1ccc(Cl)cc1. The number of amides is 1. The molecule has 0 aliphatic heterocycles. The van der Waals surface area contributed by atoms with Gasteiger partial charge in [-0.25, -0.2) is 5.43 Å². The molecular weight excluding hydrogens is 398 g/mol. The summed E-state index contributed by atoms with van der Waals surface area (Å²) in [7, 11) is 0. The fraction of sp³-hybridized carbons (Fsp3) is 0.0435. The molecule has 7 heteroatoms. The number of hydrogen-bond donors (Lipinski definition) is 2. The fourth-order valence-corrected chi connectivity index (χ4v) is 3.47. The zero-order valence-electron chi connectivity index (χ0n) is 15.9. The molecule has 3 heterocycles. The van der Waals surface area contributed by atoms with E-state index in [2.05, 4.69) is 25.8 Å². The van der Waals surface area contributed by atoms with Crippen molar-refractivity contribution in [2.45, 2.75) is 5.54 Å². The van der Waals surface area contributed by atoms with E-state index in [1.54, 1.807) is 61.4 Å². The molecule has 1 aromatic carbocycles. The van der Waals surface area contributed by atoms with Gasteiger partial charge in [-0.1, -0.05) is 11.6 Å². The van der Waals surface area contributed by atoms with Gasteiger partial charge in [0.25, 0.3) is 5.91 Å². The summed E-state index contributed by atoms with van der Waals surface area (Å²) in [6, 6.07) is 18.1. The molecule has 0 spiro atoms. The van der Waals surface area contributed by atoms with Gasteiger partial charge >= 0.3 is 0 Å². The van der Waals surface area contributed by atoms with Crippen molar-refractivity contribution in [3.63, 3.8) is 0 Å². The van der Waals surface area contributed by atoms with Crippen LogP contribution in [0.1, 0.15) is 27.0 Å². The average molecular weight is 416 g/mol. The predicted octanol–water partition coefficient (Wildman–Crippen LogP) is 3.75. The van der Waals surface area contributed by atoms with Crippen LogP contribution in [-0.4, -0.2) is 20.9 Å². The van der Waals surface area contributed by atoms with Gasteiger partial charge in [-0.3, -0.25) is 25.2 Å². The van der Waals surface area contributed by atoms with E-state index in [9.17, 15) is 4.79 Å². The average Bonchev–Trinajstić information content (AvgIpc) is 2.82. The second kappa shape index (κ2) is 8.82. The van der Waals surface area contributed by atoms with Crippen molar-refractivity contribution < 1.29 is 4.79 Å². The minimum absolute atomic E-state index is 0.284. The molecule has 4 rings (SSSR count). The van der Waals surface area contributed by atoms with E-state index in [-0.39, 0.29) is 5.91 Å². The van der Waals surface area contributed by atoms with Crippen LogP contribution in [0.15, 0.2) is 97.8 Å². The normalized spacial score (nSPS) is 11.1. The summed E-state index contributed by atoms with van der Waals surface area (Å²) in [5.41, 5.74) is 8.42. The highest BCUT2D eigenvalue weighted by atomic mass is 35.5. The summed E-state index contributed by atoms with van der Waals surface area (Å²) in [5.74, 6) is -0.284. The Morgan fingerprint density at radius 3 is 1.47 bits per heavy atom. The van der Waals surface area contributed by atoms with Crippen LogP contribution in [0.4, 0.5) is 0 Å². The summed E-state index contributed by atoms with van der Waals surface area (Å²) in [6.45, 7) is 0. The molecule has 0 aliphatic carbocycles. The van der Waals surface area contributed by atoms with Crippen molar-refractivity contribution >= 4 is 17.5 Å². The number of hydrogen-bond acceptors (Lipinski definition) is 5. The van der Waals surface area contributed by atoms with Gasteiger partial charge in [-0.15, -0.1) is 0 Å². The highest BCUT2D eigenvalue weighted by Crippen LogP contribution is 2.35. The molecule has 0 radical (unpaired) electrons. The number of carbonyl (C=O) groups is 1. The first-order valence-corrected chi connectivity index (χ1v) is 9.62. The van der Waals surface area contributed by atoms with Crippen LogP contribution >= 0.6 is 11.6 Å². The molecule has 1 amide bonds. The van der Waals surface area contributed by atoms with Gasteiger partial charge in [0.2, 0.25) is 0 Å². The van der Waals surface area contributed by atoms with Gasteiger partial charge in [0.1, 0.15) is 5.54 Å². The number of nitrogens with one attached hydrogen (secondary N) is 2. The smallest absolute Gasteiger partial charge is 0.265 e. The number of halogens is 1. The number of hydrazine groups is 1. The first-order chi connectivity index (χ1) is 14.7. The van der Waals surface area contributed by atoms with Crippen molar-refractivity contribution in [3.8, 4) is 0 Å². The van der Waals surface area contributed by atoms with Crippen LogP contribution in [0.3, 0.4) is 0 Å². The molecule has 0 aliphatic rings. The summed E-state index contributed by atoms with van der Waals surface area (Å²) in [6.07, 6.45) is 10.3. The molecule has 0 fully saturated rings. The van der Waals surface area contributed by atoms with E-state index in [4.69, 9.17) is 11.6 Å². The molecule has 3 aromatic heterocycles. The minimum Gasteiger partial charge on any atom is -0.286 e. The van der Waals surface area contributed by atoms with Gasteiger partial charge < -0.3 is 0 Å². The number of rotatable bonds is 6. The lowest BCUT2D eigenvalue weighted by Crippen LogP contribution is -2.53. The van der Waals surface area contributed by atoms with Gasteiger partial charge in [0.15, 0.2) is 0 Å². The zero-order valence-corrected chi connectivity index (χ0v) is 16.6. The number of benzene rings is 1. The molecule has 148 valence electrons. The predicted molar refractivity (Wildman–Crippen MR) is 115 cm³/mol. The van der Waals surface area contributed by atoms with Crippen LogP contribution in [0.25, 0.3) is 0 Å². The van der Waals surface area contributed by atoms with E-state index in [1.807, 2.05) is 36.4 Å².